The smallest absolute Gasteiger partial charge is 0.200 e. The van der Waals surface area contributed by atoms with Gasteiger partial charge in [0.2, 0.25) is 0 Å². The molecule has 22 heavy (non-hydrogen) atoms. The summed E-state index contributed by atoms with van der Waals surface area (Å²) in [6.45, 7) is 2.89. The van der Waals surface area contributed by atoms with Gasteiger partial charge in [-0.1, -0.05) is 19.3 Å². The summed E-state index contributed by atoms with van der Waals surface area (Å²) in [5.74, 6) is 0.838. The fourth-order valence-corrected chi connectivity index (χ4v) is 4.17. The first-order valence-corrected chi connectivity index (χ1v) is 8.25. The number of nitrogens with zero attached hydrogens (tertiary/aromatic N) is 5. The van der Waals surface area contributed by atoms with Gasteiger partial charge in [0.1, 0.15) is 5.82 Å². The van der Waals surface area contributed by atoms with E-state index in [1.54, 1.807) is 0 Å². The van der Waals surface area contributed by atoms with Gasteiger partial charge in [0, 0.05) is 18.1 Å². The van der Waals surface area contributed by atoms with Crippen molar-refractivity contribution in [2.24, 2.45) is 5.41 Å². The first-order valence-electron chi connectivity index (χ1n) is 8.25. The van der Waals surface area contributed by atoms with Crippen molar-refractivity contribution in [1.82, 2.24) is 25.3 Å². The summed E-state index contributed by atoms with van der Waals surface area (Å²) in [7, 11) is 0. The Morgan fingerprint density at radius 1 is 1.32 bits per heavy atom. The molecule has 2 heterocycles. The maximum Gasteiger partial charge on any atom is 0.200 e. The summed E-state index contributed by atoms with van der Waals surface area (Å²) in [5, 5.41) is 19.4. The van der Waals surface area contributed by atoms with E-state index in [0.717, 1.165) is 18.8 Å². The van der Waals surface area contributed by atoms with Gasteiger partial charge in [0.15, 0.2) is 5.65 Å². The zero-order chi connectivity index (χ0) is 15.0. The lowest BCUT2D eigenvalue weighted by atomic mass is 9.55. The third kappa shape index (κ3) is 2.15. The molecule has 0 aromatic carbocycles. The third-order valence-electron chi connectivity index (χ3n) is 5.33. The summed E-state index contributed by atoms with van der Waals surface area (Å²) in [6.07, 6.45) is 7.92. The van der Waals surface area contributed by atoms with Crippen LogP contribution in [0, 0.1) is 5.41 Å². The van der Waals surface area contributed by atoms with Gasteiger partial charge in [-0.15, -0.1) is 14.8 Å². The van der Waals surface area contributed by atoms with Crippen LogP contribution in [0.5, 0.6) is 0 Å². The zero-order valence-electron chi connectivity index (χ0n) is 12.9. The van der Waals surface area contributed by atoms with E-state index < -0.39 is 0 Å². The molecule has 1 N–H and O–H groups in total. The molecule has 2 atom stereocenters. The predicted molar refractivity (Wildman–Crippen MR) is 81.5 cm³/mol. The topological polar surface area (TPSA) is 77.2 Å². The number of aromatic nitrogens is 5. The zero-order valence-corrected chi connectivity index (χ0v) is 12.9. The van der Waals surface area contributed by atoms with Crippen LogP contribution in [-0.4, -0.2) is 44.0 Å². The van der Waals surface area contributed by atoms with Crippen molar-refractivity contribution in [2.75, 3.05) is 11.9 Å². The maximum atomic E-state index is 6.00. The normalized spacial score (nSPS) is 27.0. The molecular formula is C15H22N6O. The van der Waals surface area contributed by atoms with E-state index in [-0.39, 0.29) is 5.41 Å². The molecule has 0 unspecified atom stereocenters. The van der Waals surface area contributed by atoms with Gasteiger partial charge < -0.3 is 10.1 Å². The van der Waals surface area contributed by atoms with Gasteiger partial charge in [-0.05, 0) is 48.7 Å². The first-order chi connectivity index (χ1) is 10.8. The third-order valence-corrected chi connectivity index (χ3v) is 5.33. The average molecular weight is 302 g/mol. The number of tetrazole rings is 1. The molecular weight excluding hydrogens is 280 g/mol. The fourth-order valence-electron chi connectivity index (χ4n) is 4.17. The molecule has 2 aromatic heterocycles. The molecule has 7 heteroatoms. The molecule has 2 aliphatic carbocycles. The van der Waals surface area contributed by atoms with Crippen molar-refractivity contribution >= 4 is 11.5 Å². The van der Waals surface area contributed by atoms with E-state index in [0.29, 0.717) is 17.8 Å². The van der Waals surface area contributed by atoms with Crippen molar-refractivity contribution in [2.45, 2.75) is 57.6 Å². The van der Waals surface area contributed by atoms with Gasteiger partial charge in [-0.2, -0.15) is 0 Å². The first kappa shape index (κ1) is 13.9. The molecule has 118 valence electrons. The monoisotopic (exact) mass is 302 g/mol. The summed E-state index contributed by atoms with van der Waals surface area (Å²) in [6, 6.07) is 4.28. The molecule has 0 radical (unpaired) electrons. The molecule has 4 rings (SSSR count). The lowest BCUT2D eigenvalue weighted by molar-refractivity contribution is -0.134. The minimum atomic E-state index is 0.283. The Kier molecular flexibility index (Phi) is 3.44. The molecule has 2 saturated carbocycles. The Hall–Kier alpha value is -1.76. The predicted octanol–water partition coefficient (Wildman–Crippen LogP) is 2.06. The average Bonchev–Trinajstić information content (AvgIpc) is 3.02. The molecule has 2 aliphatic rings. The largest absolute Gasteiger partial charge is 0.378 e. The second kappa shape index (κ2) is 5.46. The van der Waals surface area contributed by atoms with Gasteiger partial charge in [-0.25, -0.2) is 0 Å². The van der Waals surface area contributed by atoms with Gasteiger partial charge in [0.05, 0.1) is 6.10 Å². The van der Waals surface area contributed by atoms with Crippen molar-refractivity contribution in [3.8, 4) is 0 Å². The highest BCUT2D eigenvalue weighted by molar-refractivity contribution is 5.44. The number of anilines is 1. The highest BCUT2D eigenvalue weighted by Crippen LogP contribution is 2.54. The van der Waals surface area contributed by atoms with E-state index in [9.17, 15) is 0 Å². The Bertz CT molecular complexity index is 650. The standard InChI is InChI=1S/C15H22N6O/c1-2-22-12-10-11(15(12)8-4-3-5-9-15)16-13-6-7-14-17-19-20-21(14)18-13/h6-7,11-12H,2-5,8-10H2,1H3,(H,16,18)/t11-,12+/m0/s1. The summed E-state index contributed by atoms with van der Waals surface area (Å²) in [4.78, 5) is 0. The van der Waals surface area contributed by atoms with Crippen LogP contribution in [0.1, 0.15) is 45.4 Å². The van der Waals surface area contributed by atoms with E-state index in [1.807, 2.05) is 12.1 Å². The second-order valence-electron chi connectivity index (χ2n) is 6.42. The fraction of sp³-hybridized carbons (Fsp3) is 0.733. The number of rotatable bonds is 4. The van der Waals surface area contributed by atoms with Crippen LogP contribution < -0.4 is 5.32 Å². The van der Waals surface area contributed by atoms with Gasteiger partial charge >= 0.3 is 0 Å². The minimum Gasteiger partial charge on any atom is -0.378 e. The lowest BCUT2D eigenvalue weighted by Gasteiger charge is -2.57. The summed E-state index contributed by atoms with van der Waals surface area (Å²) in [5.41, 5.74) is 0.949. The molecule has 0 aliphatic heterocycles. The Morgan fingerprint density at radius 2 is 2.18 bits per heavy atom. The van der Waals surface area contributed by atoms with Crippen LogP contribution in [0.15, 0.2) is 12.1 Å². The Morgan fingerprint density at radius 3 is 3.00 bits per heavy atom. The number of hydrogen-bond acceptors (Lipinski definition) is 6. The Balaban J connectivity index is 1.53. The van der Waals surface area contributed by atoms with Crippen LogP contribution in [0.2, 0.25) is 0 Å². The van der Waals surface area contributed by atoms with Crippen molar-refractivity contribution < 1.29 is 4.74 Å². The highest BCUT2D eigenvalue weighted by Gasteiger charge is 2.55. The van der Waals surface area contributed by atoms with Crippen LogP contribution in [0.25, 0.3) is 5.65 Å². The molecule has 7 nitrogen and oxygen atoms in total. The van der Waals surface area contributed by atoms with Crippen LogP contribution in [0.4, 0.5) is 5.82 Å². The van der Waals surface area contributed by atoms with Crippen molar-refractivity contribution in [1.29, 1.82) is 0 Å². The van der Waals surface area contributed by atoms with Crippen LogP contribution in [-0.2, 0) is 4.74 Å². The summed E-state index contributed by atoms with van der Waals surface area (Å²) < 4.78 is 7.47. The second-order valence-corrected chi connectivity index (χ2v) is 6.42. The maximum absolute atomic E-state index is 6.00. The number of ether oxygens (including phenoxy) is 1. The summed E-state index contributed by atoms with van der Waals surface area (Å²) >= 11 is 0. The van der Waals surface area contributed by atoms with Gasteiger partial charge in [-0.3, -0.25) is 0 Å². The lowest BCUT2D eigenvalue weighted by Crippen LogP contribution is -2.62. The molecule has 0 amide bonds. The van der Waals surface area contributed by atoms with E-state index >= 15 is 0 Å². The SMILES string of the molecule is CCO[C@@H]1C[C@H](Nc2ccc3nnnn3n2)C12CCCCC2. The number of hydrogen-bond donors (Lipinski definition) is 1. The molecule has 2 fully saturated rings. The molecule has 2 aromatic rings. The molecule has 1 spiro atoms. The van der Waals surface area contributed by atoms with Crippen molar-refractivity contribution in [3.05, 3.63) is 12.1 Å². The molecule has 0 bridgehead atoms. The van der Waals surface area contributed by atoms with Crippen LogP contribution in [0.3, 0.4) is 0 Å². The highest BCUT2D eigenvalue weighted by atomic mass is 16.5. The quantitative estimate of drug-likeness (QED) is 0.931. The van der Waals surface area contributed by atoms with Gasteiger partial charge in [0.25, 0.3) is 0 Å². The minimum absolute atomic E-state index is 0.283. The van der Waals surface area contributed by atoms with Crippen LogP contribution >= 0.6 is 0 Å². The Labute approximate surface area is 129 Å². The van der Waals surface area contributed by atoms with E-state index in [1.165, 1.54) is 36.7 Å². The number of nitrogens with one attached hydrogen (secondary N) is 1. The van der Waals surface area contributed by atoms with E-state index in [4.69, 9.17) is 4.74 Å². The van der Waals surface area contributed by atoms with E-state index in [2.05, 4.69) is 32.9 Å². The number of fused-ring (bicyclic) bond motifs is 1. The van der Waals surface area contributed by atoms with Crippen molar-refractivity contribution in [3.63, 3.8) is 0 Å². The molecule has 0 saturated heterocycles.